The molecule has 0 radical (unpaired) electrons. The van der Waals surface area contributed by atoms with Gasteiger partial charge in [-0.05, 0) is 65.0 Å². The van der Waals surface area contributed by atoms with Crippen molar-refractivity contribution >= 4 is 21.6 Å². The predicted molar refractivity (Wildman–Crippen MR) is 87.0 cm³/mol. The quantitative estimate of drug-likeness (QED) is 0.663. The number of fused-ring (bicyclic) bond motifs is 5. The second-order valence-corrected chi connectivity index (χ2v) is 6.32. The first-order chi connectivity index (χ1) is 10.2. The van der Waals surface area contributed by atoms with Crippen LogP contribution >= 0.6 is 15.9 Å². The Morgan fingerprint density at radius 3 is 2.90 bits per heavy atom. The van der Waals surface area contributed by atoms with E-state index in [0.29, 0.717) is 0 Å². The summed E-state index contributed by atoms with van der Waals surface area (Å²) in [6, 6.07) is 8.41. The van der Waals surface area contributed by atoms with Gasteiger partial charge < -0.3 is 9.14 Å². The van der Waals surface area contributed by atoms with Gasteiger partial charge >= 0.3 is 0 Å². The average molecular weight is 343 g/mol. The van der Waals surface area contributed by atoms with Crippen molar-refractivity contribution < 1.29 is 4.74 Å². The zero-order valence-electron chi connectivity index (χ0n) is 12.0. The first-order valence-electron chi connectivity index (χ1n) is 7.02. The molecule has 1 aliphatic carbocycles. The van der Waals surface area contributed by atoms with Gasteiger partial charge in [-0.1, -0.05) is 6.07 Å². The molecule has 0 amide bonds. The van der Waals surface area contributed by atoms with E-state index in [2.05, 4.69) is 51.7 Å². The maximum Gasteiger partial charge on any atom is 0.137 e. The Bertz CT molecular complexity index is 867. The fraction of sp³-hybridized carbons (Fsp3) is 0.235. The molecule has 0 atom stereocenters. The first-order valence-corrected chi connectivity index (χ1v) is 7.81. The van der Waals surface area contributed by atoms with Gasteiger partial charge in [0.15, 0.2) is 0 Å². The Morgan fingerprint density at radius 2 is 2.10 bits per heavy atom. The SMILES string of the molecule is COc1ccc2c(c1)-c1nc3cc(C)c(Br)cn3c1CC2. The lowest BCUT2D eigenvalue weighted by atomic mass is 9.92. The monoisotopic (exact) mass is 342 g/mol. The number of methoxy groups -OCH3 is 1. The fourth-order valence-corrected chi connectivity index (χ4v) is 3.36. The molecule has 0 spiro atoms. The number of rotatable bonds is 1. The van der Waals surface area contributed by atoms with Gasteiger partial charge in [-0.3, -0.25) is 0 Å². The van der Waals surface area contributed by atoms with Crippen LogP contribution in [-0.2, 0) is 12.8 Å². The summed E-state index contributed by atoms with van der Waals surface area (Å²) in [5.41, 5.74) is 7.14. The van der Waals surface area contributed by atoms with Gasteiger partial charge in [0.25, 0.3) is 0 Å². The van der Waals surface area contributed by atoms with E-state index in [4.69, 9.17) is 9.72 Å². The summed E-state index contributed by atoms with van der Waals surface area (Å²) in [5.74, 6) is 0.885. The van der Waals surface area contributed by atoms with Gasteiger partial charge in [-0.25, -0.2) is 4.98 Å². The van der Waals surface area contributed by atoms with Crippen LogP contribution in [0.25, 0.3) is 16.9 Å². The number of benzene rings is 1. The Hall–Kier alpha value is -1.81. The van der Waals surface area contributed by atoms with E-state index in [1.165, 1.54) is 22.4 Å². The van der Waals surface area contributed by atoms with E-state index >= 15 is 0 Å². The summed E-state index contributed by atoms with van der Waals surface area (Å²) in [5, 5.41) is 0. The van der Waals surface area contributed by atoms with Gasteiger partial charge in [0.1, 0.15) is 11.4 Å². The number of aryl methyl sites for hydroxylation is 3. The largest absolute Gasteiger partial charge is 0.497 e. The average Bonchev–Trinajstić information content (AvgIpc) is 2.85. The molecular formula is C17H15BrN2O. The van der Waals surface area contributed by atoms with Crippen LogP contribution in [0.3, 0.4) is 0 Å². The maximum atomic E-state index is 5.37. The third kappa shape index (κ3) is 1.89. The van der Waals surface area contributed by atoms with Gasteiger partial charge in [0, 0.05) is 16.2 Å². The molecule has 0 saturated carbocycles. The van der Waals surface area contributed by atoms with Crippen molar-refractivity contribution in [3.63, 3.8) is 0 Å². The molecule has 0 N–H and O–H groups in total. The minimum absolute atomic E-state index is 0.885. The number of hydrogen-bond acceptors (Lipinski definition) is 2. The van der Waals surface area contributed by atoms with E-state index in [-0.39, 0.29) is 0 Å². The molecule has 3 aromatic rings. The number of aromatic nitrogens is 2. The molecule has 3 nitrogen and oxygen atoms in total. The van der Waals surface area contributed by atoms with Crippen LogP contribution < -0.4 is 4.74 Å². The third-order valence-electron chi connectivity index (χ3n) is 4.21. The van der Waals surface area contributed by atoms with Crippen LogP contribution in [0.15, 0.2) is 34.9 Å². The summed E-state index contributed by atoms with van der Waals surface area (Å²) >= 11 is 3.61. The molecular weight excluding hydrogens is 328 g/mol. The molecule has 2 heterocycles. The normalized spacial score (nSPS) is 13.1. The molecule has 4 rings (SSSR count). The molecule has 2 aromatic heterocycles. The molecule has 106 valence electrons. The lowest BCUT2D eigenvalue weighted by Gasteiger charge is -2.16. The topological polar surface area (TPSA) is 26.5 Å². The number of ether oxygens (including phenoxy) is 1. The number of nitrogens with zero attached hydrogens (tertiary/aromatic N) is 2. The first kappa shape index (κ1) is 12.9. The summed E-state index contributed by atoms with van der Waals surface area (Å²) in [6.45, 7) is 2.09. The summed E-state index contributed by atoms with van der Waals surface area (Å²) in [4.78, 5) is 4.86. The highest BCUT2D eigenvalue weighted by atomic mass is 79.9. The standard InChI is InChI=1S/C17H15BrN2O/c1-10-7-16-19-17-13-8-12(21-2)5-3-11(13)4-6-15(17)20(16)9-14(10)18/h3,5,7-9H,4,6H2,1-2H3. The van der Waals surface area contributed by atoms with Crippen molar-refractivity contribution in [2.45, 2.75) is 19.8 Å². The number of pyridine rings is 1. The molecule has 0 fully saturated rings. The molecule has 0 saturated heterocycles. The second-order valence-electron chi connectivity index (χ2n) is 5.46. The van der Waals surface area contributed by atoms with Gasteiger partial charge in [0.2, 0.25) is 0 Å². The molecule has 0 bridgehead atoms. The van der Waals surface area contributed by atoms with Crippen LogP contribution in [0.1, 0.15) is 16.8 Å². The second kappa shape index (κ2) is 4.60. The van der Waals surface area contributed by atoms with E-state index in [9.17, 15) is 0 Å². The van der Waals surface area contributed by atoms with E-state index in [1.54, 1.807) is 7.11 Å². The molecule has 21 heavy (non-hydrogen) atoms. The van der Waals surface area contributed by atoms with Crippen molar-refractivity contribution in [2.75, 3.05) is 7.11 Å². The number of imidazole rings is 1. The molecule has 0 aliphatic heterocycles. The summed E-state index contributed by atoms with van der Waals surface area (Å²) < 4.78 is 8.69. The Labute approximate surface area is 131 Å². The highest BCUT2D eigenvalue weighted by Gasteiger charge is 2.22. The van der Waals surface area contributed by atoms with Crippen LogP contribution in [0.5, 0.6) is 5.75 Å². The predicted octanol–water partition coefficient (Wildman–Crippen LogP) is 4.18. The van der Waals surface area contributed by atoms with Crippen LogP contribution in [0.2, 0.25) is 0 Å². The third-order valence-corrected chi connectivity index (χ3v) is 5.04. The van der Waals surface area contributed by atoms with Crippen molar-refractivity contribution in [3.05, 3.63) is 51.8 Å². The van der Waals surface area contributed by atoms with Crippen molar-refractivity contribution in [3.8, 4) is 17.0 Å². The smallest absolute Gasteiger partial charge is 0.137 e. The van der Waals surface area contributed by atoms with Crippen LogP contribution in [-0.4, -0.2) is 16.5 Å². The highest BCUT2D eigenvalue weighted by molar-refractivity contribution is 9.10. The highest BCUT2D eigenvalue weighted by Crippen LogP contribution is 2.36. The molecule has 4 heteroatoms. The Morgan fingerprint density at radius 1 is 1.24 bits per heavy atom. The van der Waals surface area contributed by atoms with Crippen LogP contribution in [0, 0.1) is 6.92 Å². The van der Waals surface area contributed by atoms with E-state index < -0.39 is 0 Å². The van der Waals surface area contributed by atoms with Crippen LogP contribution in [0.4, 0.5) is 0 Å². The summed E-state index contributed by atoms with van der Waals surface area (Å²) in [6.07, 6.45) is 4.19. The minimum Gasteiger partial charge on any atom is -0.497 e. The van der Waals surface area contributed by atoms with E-state index in [0.717, 1.165) is 34.4 Å². The summed E-state index contributed by atoms with van der Waals surface area (Å²) in [7, 11) is 1.70. The van der Waals surface area contributed by atoms with Crippen molar-refractivity contribution in [2.24, 2.45) is 0 Å². The zero-order chi connectivity index (χ0) is 14.6. The zero-order valence-corrected chi connectivity index (χ0v) is 13.6. The molecule has 1 aliphatic rings. The van der Waals surface area contributed by atoms with Crippen molar-refractivity contribution in [1.82, 2.24) is 9.38 Å². The maximum absolute atomic E-state index is 5.37. The number of halogens is 1. The Kier molecular flexibility index (Phi) is 2.82. The van der Waals surface area contributed by atoms with Crippen molar-refractivity contribution in [1.29, 1.82) is 0 Å². The van der Waals surface area contributed by atoms with Gasteiger partial charge in [0.05, 0.1) is 18.5 Å². The molecule has 0 unspecified atom stereocenters. The van der Waals surface area contributed by atoms with Gasteiger partial charge in [-0.15, -0.1) is 0 Å². The lowest BCUT2D eigenvalue weighted by molar-refractivity contribution is 0.415. The fourth-order valence-electron chi connectivity index (χ4n) is 3.04. The number of hydrogen-bond donors (Lipinski definition) is 0. The molecule has 1 aromatic carbocycles. The Balaban J connectivity index is 2.02. The lowest BCUT2D eigenvalue weighted by Crippen LogP contribution is -2.05. The van der Waals surface area contributed by atoms with Gasteiger partial charge in [-0.2, -0.15) is 0 Å². The minimum atomic E-state index is 0.885. The van der Waals surface area contributed by atoms with E-state index in [1.807, 2.05) is 6.07 Å².